The van der Waals surface area contributed by atoms with E-state index in [4.69, 9.17) is 4.74 Å². The van der Waals surface area contributed by atoms with Crippen LogP contribution < -0.4 is 0 Å². The molecule has 4 aliphatic carbocycles. The molecule has 0 amide bonds. The lowest BCUT2D eigenvalue weighted by molar-refractivity contribution is -0.140. The summed E-state index contributed by atoms with van der Waals surface area (Å²) in [4.78, 5) is 13.3. The Balaban J connectivity index is 1.48. The lowest BCUT2D eigenvalue weighted by atomic mass is 9.45. The van der Waals surface area contributed by atoms with E-state index in [2.05, 4.69) is 50.3 Å². The molecule has 4 aliphatic rings. The number of fused-ring (bicyclic) bond motifs is 5. The van der Waals surface area contributed by atoms with E-state index >= 15 is 0 Å². The third-order valence-electron chi connectivity index (χ3n) is 10.8. The first kappa shape index (κ1) is 21.4. The SMILES string of the molecule is CO[C@H]1CC[C@@]2(C)C(=CCC3C2CC[C@@]2(C)C3CC[C@]2(Cc2ccccc2)C(C)=O)C1. The number of hydrogen-bond acceptors (Lipinski definition) is 2. The molecule has 0 aromatic heterocycles. The highest BCUT2D eigenvalue weighted by Gasteiger charge is 2.65. The summed E-state index contributed by atoms with van der Waals surface area (Å²) in [5.41, 5.74) is 3.29. The molecular weight excluding hydrogens is 380 g/mol. The number of allylic oxidation sites excluding steroid dienone is 1. The van der Waals surface area contributed by atoms with Crippen molar-refractivity contribution in [3.63, 3.8) is 0 Å². The lowest BCUT2D eigenvalue weighted by Crippen LogP contribution is -2.54. The van der Waals surface area contributed by atoms with Crippen LogP contribution in [0.2, 0.25) is 0 Å². The maximum absolute atomic E-state index is 13.3. The van der Waals surface area contributed by atoms with Crippen LogP contribution in [-0.2, 0) is 16.0 Å². The Kier molecular flexibility index (Phi) is 5.24. The molecule has 3 fully saturated rings. The van der Waals surface area contributed by atoms with Crippen LogP contribution in [-0.4, -0.2) is 19.0 Å². The molecule has 168 valence electrons. The van der Waals surface area contributed by atoms with Crippen molar-refractivity contribution in [2.75, 3.05) is 7.11 Å². The fourth-order valence-corrected chi connectivity index (χ4v) is 8.90. The number of rotatable bonds is 4. The van der Waals surface area contributed by atoms with Crippen LogP contribution in [0.15, 0.2) is 42.0 Å². The molecule has 0 saturated heterocycles. The van der Waals surface area contributed by atoms with Gasteiger partial charge < -0.3 is 4.74 Å². The highest BCUT2D eigenvalue weighted by Crippen LogP contribution is 2.70. The van der Waals surface area contributed by atoms with E-state index in [1.54, 1.807) is 5.57 Å². The van der Waals surface area contributed by atoms with Crippen LogP contribution in [0.25, 0.3) is 0 Å². The molecule has 0 bridgehead atoms. The van der Waals surface area contributed by atoms with Gasteiger partial charge in [-0.2, -0.15) is 0 Å². The van der Waals surface area contributed by atoms with Gasteiger partial charge in [-0.25, -0.2) is 0 Å². The standard InChI is InChI=1S/C29H40O2/c1-20(30)29(19-21-8-6-5-7-9-21)17-14-26-24-11-10-22-18-23(31-4)12-15-27(22,2)25(24)13-16-28(26,29)3/h5-10,23-26H,11-19H2,1-4H3/t23-,24?,25?,26?,27-,28-,29-/m0/s1. The Hall–Kier alpha value is -1.41. The molecule has 3 unspecified atom stereocenters. The summed E-state index contributed by atoms with van der Waals surface area (Å²) in [5, 5.41) is 0. The Morgan fingerprint density at radius 3 is 2.48 bits per heavy atom. The van der Waals surface area contributed by atoms with E-state index in [0.29, 0.717) is 23.2 Å². The fraction of sp³-hybridized carbons (Fsp3) is 0.690. The molecule has 31 heavy (non-hydrogen) atoms. The molecule has 0 N–H and O–H groups in total. The first-order valence-electron chi connectivity index (χ1n) is 12.6. The fourth-order valence-electron chi connectivity index (χ4n) is 8.90. The van der Waals surface area contributed by atoms with Gasteiger partial charge in [0, 0.05) is 12.5 Å². The number of benzene rings is 1. The Morgan fingerprint density at radius 2 is 1.77 bits per heavy atom. The van der Waals surface area contributed by atoms with Crippen LogP contribution in [0, 0.1) is 34.0 Å². The van der Waals surface area contributed by atoms with Crippen LogP contribution >= 0.6 is 0 Å². The quantitative estimate of drug-likeness (QED) is 0.502. The smallest absolute Gasteiger partial charge is 0.136 e. The topological polar surface area (TPSA) is 26.3 Å². The Labute approximate surface area is 188 Å². The van der Waals surface area contributed by atoms with Crippen molar-refractivity contribution in [1.29, 1.82) is 0 Å². The first-order chi connectivity index (χ1) is 14.8. The third-order valence-corrected chi connectivity index (χ3v) is 10.8. The zero-order valence-electron chi connectivity index (χ0n) is 20.0. The van der Waals surface area contributed by atoms with Gasteiger partial charge in [-0.1, -0.05) is 55.8 Å². The summed E-state index contributed by atoms with van der Waals surface area (Å²) in [6.07, 6.45) is 13.5. The minimum absolute atomic E-state index is 0.126. The van der Waals surface area contributed by atoms with Gasteiger partial charge in [0.05, 0.1) is 6.10 Å². The number of ketones is 1. The number of carbonyl (C=O) groups is 1. The van der Waals surface area contributed by atoms with Gasteiger partial charge in [-0.05, 0) is 98.9 Å². The van der Waals surface area contributed by atoms with Crippen LogP contribution in [0.3, 0.4) is 0 Å². The van der Waals surface area contributed by atoms with E-state index in [1.165, 1.54) is 44.1 Å². The number of Topliss-reactive ketones (excluding diaryl/α,β-unsaturated/α-hetero) is 1. The van der Waals surface area contributed by atoms with E-state index < -0.39 is 0 Å². The maximum Gasteiger partial charge on any atom is 0.136 e. The second kappa shape index (κ2) is 7.58. The predicted octanol–water partition coefficient (Wildman–Crippen LogP) is 6.78. The van der Waals surface area contributed by atoms with E-state index in [0.717, 1.165) is 31.1 Å². The van der Waals surface area contributed by atoms with Gasteiger partial charge in [0.2, 0.25) is 0 Å². The second-order valence-corrected chi connectivity index (χ2v) is 11.7. The predicted molar refractivity (Wildman–Crippen MR) is 126 cm³/mol. The summed E-state index contributed by atoms with van der Waals surface area (Å²) >= 11 is 0. The molecule has 3 saturated carbocycles. The van der Waals surface area contributed by atoms with Gasteiger partial charge in [0.1, 0.15) is 5.78 Å². The molecule has 1 aromatic rings. The normalized spacial score (nSPS) is 44.1. The van der Waals surface area contributed by atoms with Crippen molar-refractivity contribution in [3.8, 4) is 0 Å². The first-order valence-corrected chi connectivity index (χ1v) is 12.6. The molecule has 0 heterocycles. The Morgan fingerprint density at radius 1 is 1.03 bits per heavy atom. The molecule has 5 rings (SSSR count). The van der Waals surface area contributed by atoms with Crippen molar-refractivity contribution in [1.82, 2.24) is 0 Å². The number of methoxy groups -OCH3 is 1. The van der Waals surface area contributed by atoms with Crippen molar-refractivity contribution in [2.45, 2.75) is 84.7 Å². The zero-order valence-corrected chi connectivity index (χ0v) is 20.0. The third kappa shape index (κ3) is 3.04. The molecular formula is C29H40O2. The summed E-state index contributed by atoms with van der Waals surface area (Å²) in [7, 11) is 1.87. The second-order valence-electron chi connectivity index (χ2n) is 11.7. The minimum atomic E-state index is -0.192. The van der Waals surface area contributed by atoms with Gasteiger partial charge >= 0.3 is 0 Å². The van der Waals surface area contributed by atoms with Crippen LogP contribution in [0.1, 0.15) is 77.7 Å². The van der Waals surface area contributed by atoms with E-state index in [9.17, 15) is 4.79 Å². The highest BCUT2D eigenvalue weighted by molar-refractivity contribution is 5.84. The van der Waals surface area contributed by atoms with Crippen molar-refractivity contribution in [2.24, 2.45) is 34.0 Å². The molecule has 2 nitrogen and oxygen atoms in total. The number of carbonyl (C=O) groups excluding carboxylic acids is 1. The molecule has 0 radical (unpaired) electrons. The zero-order chi connectivity index (χ0) is 21.9. The molecule has 0 spiro atoms. The lowest BCUT2D eigenvalue weighted by Gasteiger charge is -2.59. The van der Waals surface area contributed by atoms with E-state index in [1.807, 2.05) is 14.0 Å². The molecule has 7 atom stereocenters. The van der Waals surface area contributed by atoms with Gasteiger partial charge in [-0.3, -0.25) is 4.79 Å². The summed E-state index contributed by atoms with van der Waals surface area (Å²) in [6, 6.07) is 10.8. The largest absolute Gasteiger partial charge is 0.381 e. The number of ether oxygens (including phenoxy) is 1. The highest BCUT2D eigenvalue weighted by atomic mass is 16.5. The maximum atomic E-state index is 13.3. The van der Waals surface area contributed by atoms with E-state index in [-0.39, 0.29) is 10.8 Å². The van der Waals surface area contributed by atoms with Gasteiger partial charge in [0.15, 0.2) is 0 Å². The van der Waals surface area contributed by atoms with Gasteiger partial charge in [0.25, 0.3) is 0 Å². The monoisotopic (exact) mass is 420 g/mol. The number of hydrogen-bond donors (Lipinski definition) is 0. The molecule has 0 aliphatic heterocycles. The Bertz CT molecular complexity index is 872. The molecule has 2 heteroatoms. The minimum Gasteiger partial charge on any atom is -0.381 e. The van der Waals surface area contributed by atoms with Gasteiger partial charge in [-0.15, -0.1) is 0 Å². The summed E-state index contributed by atoms with van der Waals surface area (Å²) < 4.78 is 5.74. The average Bonchev–Trinajstić information content (AvgIpc) is 3.07. The average molecular weight is 421 g/mol. The van der Waals surface area contributed by atoms with Crippen molar-refractivity contribution in [3.05, 3.63) is 47.5 Å². The summed E-state index contributed by atoms with van der Waals surface area (Å²) in [5.74, 6) is 2.62. The van der Waals surface area contributed by atoms with Crippen LogP contribution in [0.4, 0.5) is 0 Å². The molecule has 1 aromatic carbocycles. The van der Waals surface area contributed by atoms with Crippen molar-refractivity contribution >= 4 is 5.78 Å². The summed E-state index contributed by atoms with van der Waals surface area (Å²) in [6.45, 7) is 6.94. The van der Waals surface area contributed by atoms with Crippen LogP contribution in [0.5, 0.6) is 0 Å². The van der Waals surface area contributed by atoms with Crippen molar-refractivity contribution < 1.29 is 9.53 Å².